The average molecular weight is 391 g/mol. The predicted molar refractivity (Wildman–Crippen MR) is 96.8 cm³/mol. The number of nitrogens with one attached hydrogen (secondary N) is 1. The Morgan fingerprint density at radius 1 is 1.30 bits per heavy atom. The molecule has 2 aromatic rings. The molecule has 0 spiro atoms. The summed E-state index contributed by atoms with van der Waals surface area (Å²) in [6, 6.07) is 12.0. The van der Waals surface area contributed by atoms with Crippen molar-refractivity contribution in [3.05, 3.63) is 65.5 Å². The van der Waals surface area contributed by atoms with E-state index >= 15 is 0 Å². The molecule has 0 radical (unpaired) electrons. The van der Waals surface area contributed by atoms with Crippen LogP contribution in [0.3, 0.4) is 0 Å². The number of hydrogen-bond donors (Lipinski definition) is 1. The van der Waals surface area contributed by atoms with Gasteiger partial charge < -0.3 is 9.47 Å². The predicted octanol–water partition coefficient (Wildman–Crippen LogP) is 4.06. The third-order valence-corrected chi connectivity index (χ3v) is 3.31. The molecule has 0 aliphatic carbocycles. The summed E-state index contributed by atoms with van der Waals surface area (Å²) in [7, 11) is 0. The number of rotatable bonds is 8. The Labute approximate surface area is 160 Å². The summed E-state index contributed by atoms with van der Waals surface area (Å²) < 4.78 is 24.8. The molecule has 0 saturated carbocycles. The lowest BCUT2D eigenvalue weighted by molar-refractivity contribution is -0.139. The molecule has 0 aromatic heterocycles. The molecule has 2 rings (SSSR count). The van der Waals surface area contributed by atoms with E-state index in [4.69, 9.17) is 31.2 Å². The van der Waals surface area contributed by atoms with Crippen LogP contribution in [0.4, 0.5) is 4.39 Å². The van der Waals surface area contributed by atoms with Gasteiger partial charge in [0.25, 0.3) is 5.91 Å². The molecule has 1 N–H and O–H groups in total. The third kappa shape index (κ3) is 6.29. The Morgan fingerprint density at radius 3 is 2.56 bits per heavy atom. The molecule has 0 heterocycles. The van der Waals surface area contributed by atoms with Crippen molar-refractivity contribution in [2.45, 2.75) is 13.0 Å². The molecule has 0 aliphatic heterocycles. The fraction of sp³-hybridized carbons (Fsp3) is 0.158. The first-order valence-electron chi connectivity index (χ1n) is 7.78. The highest BCUT2D eigenvalue weighted by Gasteiger charge is 2.15. The topological polar surface area (TPSA) is 80.6 Å². The van der Waals surface area contributed by atoms with Crippen molar-refractivity contribution in [1.82, 2.24) is 5.48 Å². The van der Waals surface area contributed by atoms with Crippen molar-refractivity contribution in [2.75, 3.05) is 6.61 Å². The fourth-order valence-electron chi connectivity index (χ4n) is 1.89. The summed E-state index contributed by atoms with van der Waals surface area (Å²) in [5.41, 5.74) is 2.40. The zero-order valence-electron chi connectivity index (χ0n) is 14.4. The van der Waals surface area contributed by atoms with Crippen molar-refractivity contribution in [3.8, 4) is 23.3 Å². The first-order chi connectivity index (χ1) is 12.9. The van der Waals surface area contributed by atoms with Gasteiger partial charge in [-0.3, -0.25) is 9.63 Å². The standard InChI is InChI=1S/C19H16ClFN2O4/c1-12(20)11-25-23-19(24)13(2)26-15-4-6-16(7-5-15)27-18-8-3-14(10-22)9-17(18)21/h3-9,13H,1,11H2,2H3,(H,23,24)/t13-/m1/s1. The lowest BCUT2D eigenvalue weighted by Crippen LogP contribution is -2.36. The van der Waals surface area contributed by atoms with Crippen LogP contribution in [0.15, 0.2) is 54.1 Å². The molecule has 0 fully saturated rings. The molecule has 0 aliphatic rings. The van der Waals surface area contributed by atoms with E-state index in [2.05, 4.69) is 12.1 Å². The highest BCUT2D eigenvalue weighted by atomic mass is 35.5. The molecule has 0 unspecified atom stereocenters. The van der Waals surface area contributed by atoms with E-state index in [1.807, 2.05) is 6.07 Å². The van der Waals surface area contributed by atoms with Gasteiger partial charge in [0.2, 0.25) is 0 Å². The van der Waals surface area contributed by atoms with Crippen LogP contribution < -0.4 is 15.0 Å². The summed E-state index contributed by atoms with van der Waals surface area (Å²) in [6.07, 6.45) is -0.823. The molecule has 1 atom stereocenters. The average Bonchev–Trinajstić information content (AvgIpc) is 2.64. The summed E-state index contributed by atoms with van der Waals surface area (Å²) in [5.74, 6) is -0.361. The molecule has 0 saturated heterocycles. The van der Waals surface area contributed by atoms with Crippen LogP contribution in [0, 0.1) is 17.1 Å². The van der Waals surface area contributed by atoms with E-state index in [1.165, 1.54) is 12.1 Å². The number of nitriles is 1. The van der Waals surface area contributed by atoms with Crippen molar-refractivity contribution < 1.29 is 23.5 Å². The van der Waals surface area contributed by atoms with Gasteiger partial charge in [0.05, 0.1) is 11.6 Å². The Kier molecular flexibility index (Phi) is 7.17. The van der Waals surface area contributed by atoms with Gasteiger partial charge in [0.1, 0.15) is 18.1 Å². The number of carbonyl (C=O) groups excluding carboxylic acids is 1. The molecule has 6 nitrogen and oxygen atoms in total. The number of benzene rings is 2. The maximum absolute atomic E-state index is 13.8. The summed E-state index contributed by atoms with van der Waals surface area (Å²) in [4.78, 5) is 16.6. The Hall–Kier alpha value is -3.08. The van der Waals surface area contributed by atoms with E-state index in [0.29, 0.717) is 11.5 Å². The largest absolute Gasteiger partial charge is 0.481 e. The number of ether oxygens (including phenoxy) is 2. The van der Waals surface area contributed by atoms with Crippen LogP contribution in [-0.4, -0.2) is 18.6 Å². The monoisotopic (exact) mass is 390 g/mol. The highest BCUT2D eigenvalue weighted by molar-refractivity contribution is 6.29. The van der Waals surface area contributed by atoms with Crippen LogP contribution in [0.2, 0.25) is 0 Å². The smallest absolute Gasteiger partial charge is 0.284 e. The molecular formula is C19H16ClFN2O4. The normalized spacial score (nSPS) is 11.2. The number of halogens is 2. The van der Waals surface area contributed by atoms with E-state index < -0.39 is 17.8 Å². The van der Waals surface area contributed by atoms with Crippen molar-refractivity contribution in [3.63, 3.8) is 0 Å². The molecule has 0 bridgehead atoms. The minimum absolute atomic E-state index is 0.00607. The van der Waals surface area contributed by atoms with Gasteiger partial charge in [0, 0.05) is 5.03 Å². The second-order valence-corrected chi connectivity index (χ2v) is 5.90. The minimum atomic E-state index is -0.823. The number of carbonyl (C=O) groups is 1. The molecule has 140 valence electrons. The van der Waals surface area contributed by atoms with Gasteiger partial charge >= 0.3 is 0 Å². The maximum Gasteiger partial charge on any atom is 0.284 e. The molecular weight excluding hydrogens is 375 g/mol. The van der Waals surface area contributed by atoms with Crippen LogP contribution in [0.25, 0.3) is 0 Å². The molecule has 8 heteroatoms. The lowest BCUT2D eigenvalue weighted by Gasteiger charge is -2.15. The number of hydrogen-bond acceptors (Lipinski definition) is 5. The Balaban J connectivity index is 1.92. The molecule has 2 aromatic carbocycles. The number of hydroxylamine groups is 1. The summed E-state index contributed by atoms with van der Waals surface area (Å²) >= 11 is 5.52. The van der Waals surface area contributed by atoms with Gasteiger partial charge in [0.15, 0.2) is 17.7 Å². The summed E-state index contributed by atoms with van der Waals surface area (Å²) in [5, 5.41) is 8.99. The maximum atomic E-state index is 13.8. The van der Waals surface area contributed by atoms with Crippen LogP contribution in [0.5, 0.6) is 17.2 Å². The summed E-state index contributed by atoms with van der Waals surface area (Å²) in [6.45, 7) is 4.96. The first-order valence-corrected chi connectivity index (χ1v) is 8.16. The van der Waals surface area contributed by atoms with Crippen LogP contribution in [0.1, 0.15) is 12.5 Å². The van der Waals surface area contributed by atoms with E-state index in [9.17, 15) is 9.18 Å². The third-order valence-electron chi connectivity index (χ3n) is 3.20. The van der Waals surface area contributed by atoms with Crippen molar-refractivity contribution in [2.24, 2.45) is 0 Å². The van der Waals surface area contributed by atoms with Gasteiger partial charge in [-0.25, -0.2) is 9.87 Å². The quantitative estimate of drug-likeness (QED) is 0.687. The first kappa shape index (κ1) is 20.2. The van der Waals surface area contributed by atoms with Gasteiger partial charge in [-0.1, -0.05) is 18.2 Å². The lowest BCUT2D eigenvalue weighted by atomic mass is 10.2. The van der Waals surface area contributed by atoms with Gasteiger partial charge in [-0.05, 0) is 49.4 Å². The van der Waals surface area contributed by atoms with E-state index in [1.54, 1.807) is 31.2 Å². The van der Waals surface area contributed by atoms with E-state index in [0.717, 1.165) is 6.07 Å². The second kappa shape index (κ2) is 9.57. The van der Waals surface area contributed by atoms with Crippen LogP contribution >= 0.6 is 11.6 Å². The zero-order chi connectivity index (χ0) is 19.8. The number of amides is 1. The van der Waals surface area contributed by atoms with E-state index in [-0.39, 0.29) is 23.0 Å². The highest BCUT2D eigenvalue weighted by Crippen LogP contribution is 2.27. The SMILES string of the molecule is C=C(Cl)CONC(=O)[C@@H](C)Oc1ccc(Oc2ccc(C#N)cc2F)cc1. The number of nitrogens with zero attached hydrogens (tertiary/aromatic N) is 1. The molecule has 1 amide bonds. The molecule has 27 heavy (non-hydrogen) atoms. The van der Waals surface area contributed by atoms with Gasteiger partial charge in [-0.2, -0.15) is 5.26 Å². The second-order valence-electron chi connectivity index (χ2n) is 5.36. The fourth-order valence-corrected chi connectivity index (χ4v) is 1.95. The Bertz CT molecular complexity index is 865. The van der Waals surface area contributed by atoms with Gasteiger partial charge in [-0.15, -0.1) is 0 Å². The van der Waals surface area contributed by atoms with Crippen molar-refractivity contribution >= 4 is 17.5 Å². The minimum Gasteiger partial charge on any atom is -0.481 e. The van der Waals surface area contributed by atoms with Crippen molar-refractivity contribution in [1.29, 1.82) is 5.26 Å². The van der Waals surface area contributed by atoms with Crippen LogP contribution in [-0.2, 0) is 9.63 Å². The Morgan fingerprint density at radius 2 is 1.96 bits per heavy atom. The zero-order valence-corrected chi connectivity index (χ0v) is 15.1.